The first-order valence-electron chi connectivity index (χ1n) is 8.40. The fraction of sp³-hybridized carbons (Fsp3) is 0.278. The molecule has 11 heteroatoms. The predicted octanol–water partition coefficient (Wildman–Crippen LogP) is 2.79. The highest BCUT2D eigenvalue weighted by Gasteiger charge is 2.31. The van der Waals surface area contributed by atoms with Gasteiger partial charge in [-0.1, -0.05) is 12.1 Å². The zero-order valence-corrected chi connectivity index (χ0v) is 16.6. The smallest absolute Gasteiger partial charge is 0.361 e. The van der Waals surface area contributed by atoms with Crippen LogP contribution in [0.1, 0.15) is 17.2 Å². The average Bonchev–Trinajstić information content (AvgIpc) is 2.66. The number of nitrogens with one attached hydrogen (secondary N) is 1. The van der Waals surface area contributed by atoms with Gasteiger partial charge in [-0.2, -0.15) is 13.2 Å². The number of benzene rings is 1. The van der Waals surface area contributed by atoms with Gasteiger partial charge in [-0.15, -0.1) is 10.2 Å². The van der Waals surface area contributed by atoms with Crippen LogP contribution in [0.25, 0.3) is 11.3 Å². The Labute approximate surface area is 165 Å². The van der Waals surface area contributed by atoms with Crippen molar-refractivity contribution in [1.29, 1.82) is 0 Å². The van der Waals surface area contributed by atoms with E-state index in [1.807, 2.05) is 0 Å². The van der Waals surface area contributed by atoms with Crippen molar-refractivity contribution in [1.82, 2.24) is 15.5 Å². The Morgan fingerprint density at radius 1 is 1.14 bits per heavy atom. The second-order valence-corrected chi connectivity index (χ2v) is 8.57. The molecule has 7 nitrogen and oxygen atoms in total. The van der Waals surface area contributed by atoms with E-state index in [1.54, 1.807) is 31.1 Å². The molecule has 0 fully saturated rings. The molecular formula is C18H18F3N5O2S. The van der Waals surface area contributed by atoms with E-state index in [-0.39, 0.29) is 16.4 Å². The first kappa shape index (κ1) is 20.8. The number of hydrogen-bond acceptors (Lipinski definition) is 7. The van der Waals surface area contributed by atoms with Crippen molar-refractivity contribution < 1.29 is 21.6 Å². The first-order valence-corrected chi connectivity index (χ1v) is 10.3. The second kappa shape index (κ2) is 7.47. The van der Waals surface area contributed by atoms with Crippen LogP contribution in [0.4, 0.5) is 19.0 Å². The number of alkyl halides is 3. The lowest BCUT2D eigenvalue weighted by Gasteiger charge is -2.20. The number of nitrogens with zero attached hydrogens (tertiary/aromatic N) is 4. The molecule has 0 bridgehead atoms. The van der Waals surface area contributed by atoms with Crippen LogP contribution in [0.15, 0.2) is 47.6 Å². The van der Waals surface area contributed by atoms with Gasteiger partial charge in [0.05, 0.1) is 11.3 Å². The van der Waals surface area contributed by atoms with Crippen molar-refractivity contribution >= 4 is 20.8 Å². The molecule has 1 aliphatic heterocycles. The van der Waals surface area contributed by atoms with Crippen LogP contribution in [-0.2, 0) is 16.0 Å². The summed E-state index contributed by atoms with van der Waals surface area (Å²) in [5.74, 6) is 0.457. The van der Waals surface area contributed by atoms with Crippen LogP contribution in [0.5, 0.6) is 0 Å². The number of aliphatic imine (C=N–C) groups is 1. The predicted molar refractivity (Wildman–Crippen MR) is 104 cm³/mol. The van der Waals surface area contributed by atoms with Gasteiger partial charge in [-0.25, -0.2) is 13.4 Å². The molecule has 1 N–H and O–H groups in total. The molecule has 0 spiro atoms. The zero-order valence-electron chi connectivity index (χ0n) is 15.8. The van der Waals surface area contributed by atoms with E-state index in [0.717, 1.165) is 18.4 Å². The van der Waals surface area contributed by atoms with Crippen molar-refractivity contribution in [2.45, 2.75) is 12.2 Å². The van der Waals surface area contributed by atoms with Gasteiger partial charge in [0.25, 0.3) is 0 Å². The third-order valence-electron chi connectivity index (χ3n) is 4.14. The van der Waals surface area contributed by atoms with Crippen molar-refractivity contribution in [3.05, 3.63) is 53.7 Å². The first-order chi connectivity index (χ1) is 13.5. The molecule has 2 aromatic rings. The van der Waals surface area contributed by atoms with Gasteiger partial charge in [0, 0.05) is 37.7 Å². The van der Waals surface area contributed by atoms with Gasteiger partial charge >= 0.3 is 6.18 Å². The van der Waals surface area contributed by atoms with Gasteiger partial charge in [-0.3, -0.25) is 0 Å². The van der Waals surface area contributed by atoms with E-state index in [4.69, 9.17) is 0 Å². The molecule has 0 saturated carbocycles. The van der Waals surface area contributed by atoms with E-state index in [0.29, 0.717) is 11.4 Å². The summed E-state index contributed by atoms with van der Waals surface area (Å²) in [4.78, 5) is 5.88. The minimum absolute atomic E-state index is 0.190. The summed E-state index contributed by atoms with van der Waals surface area (Å²) in [5, 5.41) is 10.5. The summed E-state index contributed by atoms with van der Waals surface area (Å²) in [6.07, 6.45) is -0.468. The minimum atomic E-state index is -4.51. The normalized spacial score (nSPS) is 16.9. The maximum Gasteiger partial charge on any atom is 0.416 e. The van der Waals surface area contributed by atoms with Crippen LogP contribution in [0, 0.1) is 0 Å². The third kappa shape index (κ3) is 4.56. The highest BCUT2D eigenvalue weighted by molar-refractivity contribution is 8.05. The van der Waals surface area contributed by atoms with Gasteiger partial charge < -0.3 is 10.2 Å². The maximum absolute atomic E-state index is 13.1. The van der Waals surface area contributed by atoms with Gasteiger partial charge in [0.15, 0.2) is 5.82 Å². The quantitative estimate of drug-likeness (QED) is 0.814. The molecule has 1 aromatic heterocycles. The van der Waals surface area contributed by atoms with Crippen LogP contribution >= 0.6 is 0 Å². The Kier molecular flexibility index (Phi) is 5.35. The molecule has 0 aliphatic carbocycles. The lowest BCUT2D eigenvalue weighted by molar-refractivity contribution is -0.137. The Bertz CT molecular complexity index is 1090. The molecule has 1 unspecified atom stereocenters. The van der Waals surface area contributed by atoms with Crippen LogP contribution in [0.3, 0.4) is 0 Å². The van der Waals surface area contributed by atoms with Gasteiger partial charge in [0.1, 0.15) is 6.04 Å². The summed E-state index contributed by atoms with van der Waals surface area (Å²) < 4.78 is 63.1. The number of rotatable bonds is 3. The van der Waals surface area contributed by atoms with Crippen LogP contribution in [-0.4, -0.2) is 44.1 Å². The molecule has 1 aromatic carbocycles. The Hall–Kier alpha value is -2.95. The summed E-state index contributed by atoms with van der Waals surface area (Å²) in [6.45, 7) is 0. The lowest BCUT2D eigenvalue weighted by atomic mass is 9.98. The van der Waals surface area contributed by atoms with E-state index in [2.05, 4.69) is 20.5 Å². The number of hydrogen-bond donors (Lipinski definition) is 1. The van der Waals surface area contributed by atoms with E-state index < -0.39 is 27.6 Å². The zero-order chi connectivity index (χ0) is 21.4. The third-order valence-corrected chi connectivity index (χ3v) is 5.07. The van der Waals surface area contributed by atoms with Crippen LogP contribution < -0.4 is 10.2 Å². The topological polar surface area (TPSA) is 87.5 Å². The molecular weight excluding hydrogens is 407 g/mol. The maximum atomic E-state index is 13.1. The highest BCUT2D eigenvalue weighted by Crippen LogP contribution is 2.35. The molecule has 2 heterocycles. The van der Waals surface area contributed by atoms with E-state index >= 15 is 0 Å². The molecule has 0 amide bonds. The second-order valence-electron chi connectivity index (χ2n) is 6.63. The van der Waals surface area contributed by atoms with E-state index in [9.17, 15) is 21.6 Å². The summed E-state index contributed by atoms with van der Waals surface area (Å²) >= 11 is 0. The summed E-state index contributed by atoms with van der Waals surface area (Å²) in [5.41, 5.74) is 0.00746. The summed E-state index contributed by atoms with van der Waals surface area (Å²) in [6, 6.07) is 5.59. The number of aromatic nitrogens is 2. The van der Waals surface area contributed by atoms with E-state index in [1.165, 1.54) is 18.3 Å². The average molecular weight is 425 g/mol. The van der Waals surface area contributed by atoms with Crippen LogP contribution in [0.2, 0.25) is 0 Å². The molecule has 3 rings (SSSR count). The standard InChI is InChI=1S/C18H18F3N5O2S/c1-26(2)15-10-13(14-7-8-22-17(23-14)29(3,27)28)16(25-24-15)11-5-4-6-12(9-11)18(19,20)21/h4-10,14H,1-3H3,(H,22,23). The Balaban J connectivity index is 2.19. The highest BCUT2D eigenvalue weighted by atomic mass is 32.2. The molecule has 1 atom stereocenters. The Morgan fingerprint density at radius 2 is 1.86 bits per heavy atom. The Morgan fingerprint density at radius 3 is 2.48 bits per heavy atom. The van der Waals surface area contributed by atoms with Crippen molar-refractivity contribution in [3.63, 3.8) is 0 Å². The molecule has 0 saturated heterocycles. The number of anilines is 1. The van der Waals surface area contributed by atoms with Gasteiger partial charge in [0.2, 0.25) is 15.0 Å². The lowest BCUT2D eigenvalue weighted by Crippen LogP contribution is -2.29. The molecule has 29 heavy (non-hydrogen) atoms. The largest absolute Gasteiger partial charge is 0.416 e. The van der Waals surface area contributed by atoms with Crippen molar-refractivity contribution in [2.75, 3.05) is 25.3 Å². The molecule has 1 aliphatic rings. The van der Waals surface area contributed by atoms with Crippen molar-refractivity contribution in [3.8, 4) is 11.3 Å². The van der Waals surface area contributed by atoms with Crippen molar-refractivity contribution in [2.24, 2.45) is 4.99 Å². The van der Waals surface area contributed by atoms with Gasteiger partial charge in [-0.05, 0) is 24.3 Å². The molecule has 0 radical (unpaired) electrons. The number of sulfone groups is 1. The number of halogens is 3. The fourth-order valence-corrected chi connectivity index (χ4v) is 3.29. The molecule has 154 valence electrons. The minimum Gasteiger partial charge on any atom is -0.361 e. The fourth-order valence-electron chi connectivity index (χ4n) is 2.70. The SMILES string of the molecule is CN(C)c1cc(C2C=CNC(S(C)(=O)=O)=N2)c(-c2cccc(C(F)(F)F)c2)nn1. The number of amidine groups is 1. The summed E-state index contributed by atoms with van der Waals surface area (Å²) in [7, 11) is -0.130. The monoisotopic (exact) mass is 425 g/mol.